The van der Waals surface area contributed by atoms with Crippen LogP contribution >= 0.6 is 0 Å². The molecule has 0 N–H and O–H groups in total. The number of hydrogen-bond donors (Lipinski definition) is 0. The minimum atomic E-state index is -0.490. The molecule has 1 amide bonds. The highest BCUT2D eigenvalue weighted by Gasteiger charge is 2.18. The molecule has 9 nitrogen and oxygen atoms in total. The van der Waals surface area contributed by atoms with Crippen molar-refractivity contribution in [3.05, 3.63) is 79.9 Å². The number of carbonyl (C=O) groups excluding carboxylic acids is 1. The summed E-state index contributed by atoms with van der Waals surface area (Å²) >= 11 is 0. The van der Waals surface area contributed by atoms with Crippen molar-refractivity contribution in [2.45, 2.75) is 32.9 Å². The maximum atomic E-state index is 12.4. The van der Waals surface area contributed by atoms with Gasteiger partial charge in [0.2, 0.25) is 0 Å². The highest BCUT2D eigenvalue weighted by molar-refractivity contribution is 5.68. The van der Waals surface area contributed by atoms with Crippen molar-refractivity contribution >= 4 is 17.5 Å². The van der Waals surface area contributed by atoms with Crippen molar-refractivity contribution in [1.82, 2.24) is 4.90 Å². The van der Waals surface area contributed by atoms with Crippen LogP contribution in [0.5, 0.6) is 0 Å². The first-order valence-electron chi connectivity index (χ1n) is 8.68. The number of non-ortho nitro benzene ring substituents is 2. The summed E-state index contributed by atoms with van der Waals surface area (Å²) in [5.74, 6) is 0. The van der Waals surface area contributed by atoms with Crippen molar-refractivity contribution < 1.29 is 19.4 Å². The predicted octanol–water partition coefficient (Wildman–Crippen LogP) is 4.09. The third kappa shape index (κ3) is 6.04. The Morgan fingerprint density at radius 3 is 1.82 bits per heavy atom. The van der Waals surface area contributed by atoms with Crippen LogP contribution in [0.25, 0.3) is 0 Å². The first-order chi connectivity index (χ1) is 13.3. The fourth-order valence-electron chi connectivity index (χ4n) is 2.50. The van der Waals surface area contributed by atoms with E-state index in [0.29, 0.717) is 13.0 Å². The van der Waals surface area contributed by atoms with Gasteiger partial charge in [0.1, 0.15) is 0 Å². The van der Waals surface area contributed by atoms with Crippen LogP contribution in [-0.2, 0) is 17.7 Å². The number of benzene rings is 2. The summed E-state index contributed by atoms with van der Waals surface area (Å²) in [6, 6.07) is 12.1. The van der Waals surface area contributed by atoms with Crippen LogP contribution in [0, 0.1) is 20.2 Å². The Bertz CT molecular complexity index is 834. The molecule has 0 aliphatic rings. The zero-order chi connectivity index (χ0) is 20.7. The van der Waals surface area contributed by atoms with Crippen molar-refractivity contribution in [3.63, 3.8) is 0 Å². The van der Waals surface area contributed by atoms with Gasteiger partial charge in [-0.05, 0) is 31.4 Å². The summed E-state index contributed by atoms with van der Waals surface area (Å²) in [4.78, 5) is 34.5. The topological polar surface area (TPSA) is 116 Å². The molecule has 0 aliphatic heterocycles. The summed E-state index contributed by atoms with van der Waals surface area (Å²) < 4.78 is 5.27. The molecule has 2 aromatic carbocycles. The third-order valence-electron chi connectivity index (χ3n) is 3.93. The molecule has 0 unspecified atom stereocenters. The van der Waals surface area contributed by atoms with Crippen LogP contribution in [0.2, 0.25) is 0 Å². The Hall–Kier alpha value is -3.49. The Balaban J connectivity index is 2.09. The van der Waals surface area contributed by atoms with Gasteiger partial charge in [-0.15, -0.1) is 0 Å². The molecule has 0 aliphatic carbocycles. The van der Waals surface area contributed by atoms with Gasteiger partial charge in [-0.3, -0.25) is 20.2 Å². The lowest BCUT2D eigenvalue weighted by Crippen LogP contribution is -2.34. The van der Waals surface area contributed by atoms with Crippen LogP contribution < -0.4 is 0 Å². The van der Waals surface area contributed by atoms with Gasteiger partial charge < -0.3 is 9.64 Å². The highest BCUT2D eigenvalue weighted by atomic mass is 16.6. The number of hydrogen-bond acceptors (Lipinski definition) is 6. The number of rotatable bonds is 8. The van der Waals surface area contributed by atoms with Gasteiger partial charge in [-0.25, -0.2) is 4.79 Å². The van der Waals surface area contributed by atoms with Gasteiger partial charge in [-0.2, -0.15) is 0 Å². The summed E-state index contributed by atoms with van der Waals surface area (Å²) in [5, 5.41) is 21.5. The molecular formula is C19H21N3O6. The number of ether oxygens (including phenoxy) is 1. The van der Waals surface area contributed by atoms with Gasteiger partial charge in [0.15, 0.2) is 0 Å². The molecule has 0 bridgehead atoms. The summed E-state index contributed by atoms with van der Waals surface area (Å²) in [6.07, 6.45) is -0.292. The van der Waals surface area contributed by atoms with E-state index < -0.39 is 15.9 Å². The van der Waals surface area contributed by atoms with E-state index in [2.05, 4.69) is 0 Å². The predicted molar refractivity (Wildman–Crippen MR) is 102 cm³/mol. The molecule has 0 saturated heterocycles. The number of nitro benzene ring substituents is 2. The maximum absolute atomic E-state index is 12.4. The molecule has 0 heterocycles. The smallest absolute Gasteiger partial charge is 0.410 e. The Morgan fingerprint density at radius 1 is 0.929 bits per heavy atom. The second-order valence-electron chi connectivity index (χ2n) is 6.45. The Kier molecular flexibility index (Phi) is 7.02. The van der Waals surface area contributed by atoms with E-state index in [9.17, 15) is 25.0 Å². The first-order valence-corrected chi connectivity index (χ1v) is 8.68. The molecule has 0 radical (unpaired) electrons. The molecule has 28 heavy (non-hydrogen) atoms. The largest absolute Gasteiger partial charge is 0.447 e. The van der Waals surface area contributed by atoms with E-state index in [1.165, 1.54) is 29.2 Å². The quantitative estimate of drug-likeness (QED) is 0.497. The van der Waals surface area contributed by atoms with Crippen LogP contribution in [0.1, 0.15) is 25.0 Å². The van der Waals surface area contributed by atoms with Gasteiger partial charge in [-0.1, -0.05) is 24.3 Å². The lowest BCUT2D eigenvalue weighted by Gasteiger charge is -2.23. The van der Waals surface area contributed by atoms with E-state index in [1.54, 1.807) is 38.1 Å². The monoisotopic (exact) mass is 387 g/mol. The van der Waals surface area contributed by atoms with E-state index in [1.807, 2.05) is 0 Å². The average molecular weight is 387 g/mol. The van der Waals surface area contributed by atoms with Crippen molar-refractivity contribution in [2.75, 3.05) is 6.54 Å². The zero-order valence-electron chi connectivity index (χ0n) is 15.6. The second kappa shape index (κ2) is 9.45. The van der Waals surface area contributed by atoms with E-state index in [0.717, 1.165) is 11.1 Å². The lowest BCUT2D eigenvalue weighted by atomic mass is 10.1. The van der Waals surface area contributed by atoms with Crippen molar-refractivity contribution in [3.8, 4) is 0 Å². The molecule has 0 spiro atoms. The summed E-state index contributed by atoms with van der Waals surface area (Å²) in [6.45, 7) is 4.06. The van der Waals surface area contributed by atoms with E-state index in [4.69, 9.17) is 4.74 Å². The molecule has 9 heteroatoms. The molecule has 0 saturated carbocycles. The molecule has 0 aromatic heterocycles. The van der Waals surface area contributed by atoms with Crippen LogP contribution in [0.4, 0.5) is 16.2 Å². The van der Waals surface area contributed by atoms with Gasteiger partial charge in [0, 0.05) is 37.4 Å². The third-order valence-corrected chi connectivity index (χ3v) is 3.93. The lowest BCUT2D eigenvalue weighted by molar-refractivity contribution is -0.385. The molecule has 148 valence electrons. The fourth-order valence-corrected chi connectivity index (χ4v) is 2.50. The Labute approximate surface area is 161 Å². The van der Waals surface area contributed by atoms with Crippen LogP contribution in [0.15, 0.2) is 48.5 Å². The van der Waals surface area contributed by atoms with E-state index in [-0.39, 0.29) is 24.0 Å². The van der Waals surface area contributed by atoms with Crippen molar-refractivity contribution in [1.29, 1.82) is 0 Å². The number of nitro groups is 2. The van der Waals surface area contributed by atoms with Gasteiger partial charge in [0.25, 0.3) is 11.4 Å². The number of nitrogens with zero attached hydrogens (tertiary/aromatic N) is 3. The SMILES string of the molecule is CC(C)OC(=O)N(CCc1ccc([N+](=O)[O-])cc1)Cc1ccc([N+](=O)[O-])cc1. The fraction of sp³-hybridized carbons (Fsp3) is 0.316. The Morgan fingerprint density at radius 2 is 1.39 bits per heavy atom. The number of carbonyl (C=O) groups is 1. The standard InChI is InChI=1S/C19H21N3O6/c1-14(2)28-19(23)20(13-16-5-9-18(10-6-16)22(26)27)12-11-15-3-7-17(8-4-15)21(24)25/h3-10,14H,11-13H2,1-2H3. The van der Waals surface area contributed by atoms with Gasteiger partial charge >= 0.3 is 6.09 Å². The molecule has 0 atom stereocenters. The normalized spacial score (nSPS) is 10.5. The minimum absolute atomic E-state index is 0.00528. The first kappa shape index (κ1) is 20.8. The van der Waals surface area contributed by atoms with Crippen molar-refractivity contribution in [2.24, 2.45) is 0 Å². The minimum Gasteiger partial charge on any atom is -0.447 e. The van der Waals surface area contributed by atoms with Crippen LogP contribution in [-0.4, -0.2) is 33.5 Å². The summed E-state index contributed by atoms with van der Waals surface area (Å²) in [7, 11) is 0. The highest BCUT2D eigenvalue weighted by Crippen LogP contribution is 2.16. The average Bonchev–Trinajstić information content (AvgIpc) is 2.65. The maximum Gasteiger partial charge on any atom is 0.410 e. The van der Waals surface area contributed by atoms with E-state index >= 15 is 0 Å². The second-order valence-corrected chi connectivity index (χ2v) is 6.45. The zero-order valence-corrected chi connectivity index (χ0v) is 15.6. The molecule has 2 aromatic rings. The summed E-state index contributed by atoms with van der Waals surface area (Å²) in [5.41, 5.74) is 1.56. The molecular weight excluding hydrogens is 366 g/mol. The molecule has 2 rings (SSSR count). The van der Waals surface area contributed by atoms with Gasteiger partial charge in [0.05, 0.1) is 16.0 Å². The number of amides is 1. The van der Waals surface area contributed by atoms with Crippen LogP contribution in [0.3, 0.4) is 0 Å². The molecule has 0 fully saturated rings.